The van der Waals surface area contributed by atoms with Gasteiger partial charge in [0.25, 0.3) is 0 Å². The molecular formula is C17H28ClNO. The van der Waals surface area contributed by atoms with E-state index in [0.717, 1.165) is 12.3 Å². The molecule has 0 aromatic rings. The monoisotopic (exact) mass is 297 g/mol. The third-order valence-electron chi connectivity index (χ3n) is 5.92. The SMILES string of the molecule is CC(CCl)NC(=O)CC12CC3CC(C)(CC(C)(C3)C1)C2. The molecule has 114 valence electrons. The normalized spacial score (nSPS) is 47.3. The molecule has 1 amide bonds. The number of rotatable bonds is 4. The van der Waals surface area contributed by atoms with Gasteiger partial charge >= 0.3 is 0 Å². The molecule has 0 heterocycles. The van der Waals surface area contributed by atoms with Crippen LogP contribution in [0.3, 0.4) is 0 Å². The van der Waals surface area contributed by atoms with Crippen LogP contribution in [0.2, 0.25) is 0 Å². The standard InChI is InChI=1S/C17H28ClNO/c1-12(8-18)19-14(20)7-17-6-13-4-15(2,10-17)9-16(3,5-13)11-17/h12-13H,4-11H2,1-3H3,(H,19,20). The van der Waals surface area contributed by atoms with Crippen molar-refractivity contribution in [1.29, 1.82) is 0 Å². The zero-order valence-electron chi connectivity index (χ0n) is 13.1. The summed E-state index contributed by atoms with van der Waals surface area (Å²) in [5.74, 6) is 1.57. The molecule has 0 spiro atoms. The Morgan fingerprint density at radius 2 is 1.80 bits per heavy atom. The summed E-state index contributed by atoms with van der Waals surface area (Å²) in [5, 5.41) is 3.06. The first-order chi connectivity index (χ1) is 9.26. The van der Waals surface area contributed by atoms with Gasteiger partial charge < -0.3 is 5.32 Å². The Morgan fingerprint density at radius 1 is 1.20 bits per heavy atom. The van der Waals surface area contributed by atoms with Gasteiger partial charge in [0.05, 0.1) is 0 Å². The number of halogens is 1. The van der Waals surface area contributed by atoms with E-state index in [1.807, 2.05) is 6.92 Å². The molecule has 0 saturated heterocycles. The molecule has 0 aromatic heterocycles. The molecule has 4 saturated carbocycles. The maximum absolute atomic E-state index is 12.3. The molecule has 4 rings (SSSR count). The van der Waals surface area contributed by atoms with Crippen molar-refractivity contribution in [3.63, 3.8) is 0 Å². The van der Waals surface area contributed by atoms with Crippen LogP contribution >= 0.6 is 11.6 Å². The van der Waals surface area contributed by atoms with E-state index >= 15 is 0 Å². The fraction of sp³-hybridized carbons (Fsp3) is 0.941. The van der Waals surface area contributed by atoms with Crippen molar-refractivity contribution in [3.8, 4) is 0 Å². The quantitative estimate of drug-likeness (QED) is 0.777. The van der Waals surface area contributed by atoms with E-state index < -0.39 is 0 Å². The van der Waals surface area contributed by atoms with E-state index in [1.165, 1.54) is 38.5 Å². The van der Waals surface area contributed by atoms with Crippen molar-refractivity contribution in [2.75, 3.05) is 5.88 Å². The third kappa shape index (κ3) is 2.61. The zero-order chi connectivity index (χ0) is 14.6. The minimum absolute atomic E-state index is 0.0873. The lowest BCUT2D eigenvalue weighted by atomic mass is 9.40. The molecule has 2 nitrogen and oxygen atoms in total. The van der Waals surface area contributed by atoms with Crippen LogP contribution in [-0.2, 0) is 4.79 Å². The highest BCUT2D eigenvalue weighted by Gasteiger charge is 2.60. The van der Waals surface area contributed by atoms with Crippen molar-refractivity contribution in [2.24, 2.45) is 22.2 Å². The maximum atomic E-state index is 12.3. The second-order valence-electron chi connectivity index (χ2n) is 8.93. The van der Waals surface area contributed by atoms with E-state index in [2.05, 4.69) is 19.2 Å². The third-order valence-corrected chi connectivity index (χ3v) is 6.38. The highest BCUT2D eigenvalue weighted by atomic mass is 35.5. The van der Waals surface area contributed by atoms with Gasteiger partial charge in [0, 0.05) is 18.3 Å². The van der Waals surface area contributed by atoms with Gasteiger partial charge in [-0.25, -0.2) is 0 Å². The molecule has 4 aliphatic carbocycles. The van der Waals surface area contributed by atoms with Crippen LogP contribution in [0.4, 0.5) is 0 Å². The second kappa shape index (κ2) is 4.63. The number of hydrogen-bond donors (Lipinski definition) is 1. The molecule has 4 fully saturated rings. The smallest absolute Gasteiger partial charge is 0.220 e. The largest absolute Gasteiger partial charge is 0.352 e. The summed E-state index contributed by atoms with van der Waals surface area (Å²) >= 11 is 5.80. The maximum Gasteiger partial charge on any atom is 0.220 e. The summed E-state index contributed by atoms with van der Waals surface area (Å²) < 4.78 is 0. The highest BCUT2D eigenvalue weighted by Crippen LogP contribution is 2.70. The first-order valence-electron chi connectivity index (χ1n) is 8.11. The van der Waals surface area contributed by atoms with Crippen molar-refractivity contribution < 1.29 is 4.79 Å². The van der Waals surface area contributed by atoms with Crippen LogP contribution in [0, 0.1) is 22.2 Å². The fourth-order valence-corrected chi connectivity index (χ4v) is 6.66. The lowest BCUT2D eigenvalue weighted by Gasteiger charge is -2.65. The van der Waals surface area contributed by atoms with Crippen LogP contribution < -0.4 is 5.32 Å². The minimum atomic E-state index is 0.0873. The van der Waals surface area contributed by atoms with Gasteiger partial charge in [0.2, 0.25) is 5.91 Å². The average molecular weight is 298 g/mol. The van der Waals surface area contributed by atoms with Gasteiger partial charge in [0.1, 0.15) is 0 Å². The van der Waals surface area contributed by atoms with Crippen molar-refractivity contribution >= 4 is 17.5 Å². The molecule has 3 atom stereocenters. The van der Waals surface area contributed by atoms with Crippen LogP contribution in [0.15, 0.2) is 0 Å². The number of hydrogen-bond acceptors (Lipinski definition) is 1. The molecule has 3 unspecified atom stereocenters. The predicted octanol–water partition coefficient (Wildman–Crippen LogP) is 4.12. The Morgan fingerprint density at radius 3 is 2.30 bits per heavy atom. The summed E-state index contributed by atoms with van der Waals surface area (Å²) in [6.07, 6.45) is 8.67. The van der Waals surface area contributed by atoms with Crippen molar-refractivity contribution in [1.82, 2.24) is 5.32 Å². The minimum Gasteiger partial charge on any atom is -0.352 e. The van der Waals surface area contributed by atoms with E-state index in [0.29, 0.717) is 16.7 Å². The molecule has 4 aliphatic rings. The fourth-order valence-electron chi connectivity index (χ4n) is 6.59. The van der Waals surface area contributed by atoms with Crippen molar-refractivity contribution in [2.45, 2.75) is 71.8 Å². The van der Waals surface area contributed by atoms with E-state index in [9.17, 15) is 4.79 Å². The summed E-state index contributed by atoms with van der Waals surface area (Å²) in [7, 11) is 0. The van der Waals surface area contributed by atoms with Gasteiger partial charge in [-0.2, -0.15) is 0 Å². The Bertz CT molecular complexity index is 403. The number of amides is 1. The van der Waals surface area contributed by atoms with Gasteiger partial charge in [-0.1, -0.05) is 13.8 Å². The second-order valence-corrected chi connectivity index (χ2v) is 9.24. The average Bonchev–Trinajstić information content (AvgIpc) is 2.22. The zero-order valence-corrected chi connectivity index (χ0v) is 13.9. The Balaban J connectivity index is 1.74. The van der Waals surface area contributed by atoms with E-state index in [1.54, 1.807) is 0 Å². The number of carbonyl (C=O) groups excluding carboxylic acids is 1. The van der Waals surface area contributed by atoms with Crippen LogP contribution in [0.25, 0.3) is 0 Å². The van der Waals surface area contributed by atoms with Gasteiger partial charge in [-0.05, 0) is 67.6 Å². The molecule has 0 aliphatic heterocycles. The topological polar surface area (TPSA) is 29.1 Å². The summed E-state index contributed by atoms with van der Waals surface area (Å²) in [4.78, 5) is 12.3. The summed E-state index contributed by atoms with van der Waals surface area (Å²) in [6, 6.07) is 0.0873. The Labute approximate surface area is 128 Å². The van der Waals surface area contributed by atoms with Gasteiger partial charge in [-0.15, -0.1) is 11.6 Å². The predicted molar refractivity (Wildman–Crippen MR) is 82.8 cm³/mol. The van der Waals surface area contributed by atoms with Crippen LogP contribution in [-0.4, -0.2) is 17.8 Å². The Kier molecular flexibility index (Phi) is 3.40. The molecule has 4 bridgehead atoms. The lowest BCUT2D eigenvalue weighted by molar-refractivity contribution is -0.156. The summed E-state index contributed by atoms with van der Waals surface area (Å²) in [5.41, 5.74) is 1.26. The number of nitrogens with one attached hydrogen (secondary N) is 1. The van der Waals surface area contributed by atoms with Crippen molar-refractivity contribution in [3.05, 3.63) is 0 Å². The van der Waals surface area contributed by atoms with E-state index in [4.69, 9.17) is 11.6 Å². The molecule has 20 heavy (non-hydrogen) atoms. The molecule has 1 N–H and O–H groups in total. The van der Waals surface area contributed by atoms with Crippen LogP contribution in [0.1, 0.15) is 65.7 Å². The van der Waals surface area contributed by atoms with E-state index in [-0.39, 0.29) is 17.4 Å². The molecular weight excluding hydrogens is 270 g/mol. The van der Waals surface area contributed by atoms with Gasteiger partial charge in [0.15, 0.2) is 0 Å². The number of alkyl halides is 1. The lowest BCUT2D eigenvalue weighted by Crippen LogP contribution is -2.56. The Hall–Kier alpha value is -0.240. The highest BCUT2D eigenvalue weighted by molar-refractivity contribution is 6.18. The number of carbonyl (C=O) groups is 1. The first kappa shape index (κ1) is 14.7. The molecule has 0 aromatic carbocycles. The molecule has 0 radical (unpaired) electrons. The van der Waals surface area contributed by atoms with Crippen LogP contribution in [0.5, 0.6) is 0 Å². The molecule has 3 heteroatoms. The van der Waals surface area contributed by atoms with Gasteiger partial charge in [-0.3, -0.25) is 4.79 Å². The first-order valence-corrected chi connectivity index (χ1v) is 8.64. The summed E-state index contributed by atoms with van der Waals surface area (Å²) in [6.45, 7) is 6.90.